The van der Waals surface area contributed by atoms with Gasteiger partial charge in [0.2, 0.25) is 0 Å². The van der Waals surface area contributed by atoms with Crippen LogP contribution in [0, 0.1) is 13.8 Å². The zero-order valence-corrected chi connectivity index (χ0v) is 15.1. The van der Waals surface area contributed by atoms with Crippen LogP contribution in [0.2, 0.25) is 0 Å². The lowest BCUT2D eigenvalue weighted by molar-refractivity contribution is -0.00537. The SMILES string of the molecule is Cc1ccc(-n2ncc3c(N4C[C@H](C)O[C@@H](C)C4)ncnc32)c(C)c1. The topological polar surface area (TPSA) is 56.1 Å². The van der Waals surface area contributed by atoms with Gasteiger partial charge in [-0.25, -0.2) is 14.6 Å². The van der Waals surface area contributed by atoms with E-state index in [-0.39, 0.29) is 12.2 Å². The third-order valence-corrected chi connectivity index (χ3v) is 4.64. The van der Waals surface area contributed by atoms with E-state index >= 15 is 0 Å². The van der Waals surface area contributed by atoms with Gasteiger partial charge >= 0.3 is 0 Å². The summed E-state index contributed by atoms with van der Waals surface area (Å²) in [6.07, 6.45) is 3.87. The minimum Gasteiger partial charge on any atom is -0.372 e. The van der Waals surface area contributed by atoms with E-state index in [1.165, 1.54) is 11.1 Å². The van der Waals surface area contributed by atoms with Crippen LogP contribution in [0.5, 0.6) is 0 Å². The predicted molar refractivity (Wildman–Crippen MR) is 98.4 cm³/mol. The van der Waals surface area contributed by atoms with Gasteiger partial charge < -0.3 is 9.64 Å². The Morgan fingerprint density at radius 2 is 1.84 bits per heavy atom. The number of anilines is 1. The van der Waals surface area contributed by atoms with Crippen molar-refractivity contribution < 1.29 is 4.74 Å². The highest BCUT2D eigenvalue weighted by Gasteiger charge is 2.25. The summed E-state index contributed by atoms with van der Waals surface area (Å²) in [5.74, 6) is 0.933. The standard InChI is InChI=1S/C19H23N5O/c1-12-5-6-17(13(2)7-12)24-19-16(8-22-24)18(20-11-21-19)23-9-14(3)25-15(4)10-23/h5-8,11,14-15H,9-10H2,1-4H3/t14-,15-/m0/s1. The fourth-order valence-corrected chi connectivity index (χ4v) is 3.65. The van der Waals surface area contributed by atoms with Gasteiger partial charge in [-0.05, 0) is 39.3 Å². The molecular formula is C19H23N5O. The first-order valence-electron chi connectivity index (χ1n) is 8.69. The molecular weight excluding hydrogens is 314 g/mol. The van der Waals surface area contributed by atoms with E-state index in [0.717, 1.165) is 35.6 Å². The number of morpholine rings is 1. The normalized spacial score (nSPS) is 21.0. The zero-order valence-electron chi connectivity index (χ0n) is 15.1. The summed E-state index contributed by atoms with van der Waals surface area (Å²) in [6.45, 7) is 10.0. The maximum absolute atomic E-state index is 5.85. The van der Waals surface area contributed by atoms with Gasteiger partial charge in [0.05, 0.1) is 29.5 Å². The van der Waals surface area contributed by atoms with Crippen LogP contribution in [0.3, 0.4) is 0 Å². The van der Waals surface area contributed by atoms with Gasteiger partial charge in [0, 0.05) is 13.1 Å². The molecule has 2 atom stereocenters. The van der Waals surface area contributed by atoms with Crippen molar-refractivity contribution in [1.29, 1.82) is 0 Å². The largest absolute Gasteiger partial charge is 0.372 e. The fraction of sp³-hybridized carbons (Fsp3) is 0.421. The first kappa shape index (κ1) is 16.0. The molecule has 1 saturated heterocycles. The molecule has 0 amide bonds. The molecule has 3 heterocycles. The molecule has 0 unspecified atom stereocenters. The highest BCUT2D eigenvalue weighted by molar-refractivity contribution is 5.87. The van der Waals surface area contributed by atoms with Crippen LogP contribution in [-0.4, -0.2) is 45.0 Å². The molecule has 0 radical (unpaired) electrons. The zero-order chi connectivity index (χ0) is 17.6. The van der Waals surface area contributed by atoms with Gasteiger partial charge in [-0.15, -0.1) is 0 Å². The van der Waals surface area contributed by atoms with Crippen molar-refractivity contribution in [3.8, 4) is 5.69 Å². The summed E-state index contributed by atoms with van der Waals surface area (Å²) in [5, 5.41) is 5.58. The van der Waals surface area contributed by atoms with Crippen molar-refractivity contribution in [2.75, 3.05) is 18.0 Å². The van der Waals surface area contributed by atoms with Crippen molar-refractivity contribution in [2.45, 2.75) is 39.9 Å². The van der Waals surface area contributed by atoms with Crippen LogP contribution in [0.1, 0.15) is 25.0 Å². The molecule has 1 fully saturated rings. The summed E-state index contributed by atoms with van der Waals surface area (Å²) in [7, 11) is 0. The first-order chi connectivity index (χ1) is 12.0. The minimum absolute atomic E-state index is 0.183. The monoisotopic (exact) mass is 337 g/mol. The van der Waals surface area contributed by atoms with Crippen molar-refractivity contribution in [1.82, 2.24) is 19.7 Å². The number of hydrogen-bond donors (Lipinski definition) is 0. The minimum atomic E-state index is 0.183. The Kier molecular flexibility index (Phi) is 3.92. The van der Waals surface area contributed by atoms with Crippen LogP contribution in [0.4, 0.5) is 5.82 Å². The number of fused-ring (bicyclic) bond motifs is 1. The van der Waals surface area contributed by atoms with Crippen LogP contribution < -0.4 is 4.90 Å². The highest BCUT2D eigenvalue weighted by Crippen LogP contribution is 2.28. The molecule has 1 aliphatic heterocycles. The van der Waals surface area contributed by atoms with Gasteiger partial charge in [-0.1, -0.05) is 17.7 Å². The molecule has 3 aromatic rings. The van der Waals surface area contributed by atoms with E-state index in [0.29, 0.717) is 0 Å². The molecule has 0 bridgehead atoms. The lowest BCUT2D eigenvalue weighted by atomic mass is 10.1. The Hall–Kier alpha value is -2.47. The van der Waals surface area contributed by atoms with E-state index in [1.807, 2.05) is 10.9 Å². The average molecular weight is 337 g/mol. The van der Waals surface area contributed by atoms with Gasteiger partial charge in [0.15, 0.2) is 5.65 Å². The number of benzene rings is 1. The second-order valence-electron chi connectivity index (χ2n) is 6.94. The predicted octanol–water partition coefficient (Wildman–Crippen LogP) is 3.05. The van der Waals surface area contributed by atoms with Gasteiger partial charge in [0.1, 0.15) is 12.1 Å². The summed E-state index contributed by atoms with van der Waals surface area (Å²) >= 11 is 0. The summed E-state index contributed by atoms with van der Waals surface area (Å²) < 4.78 is 7.75. The number of aryl methyl sites for hydroxylation is 2. The van der Waals surface area contributed by atoms with Crippen LogP contribution in [0.15, 0.2) is 30.7 Å². The van der Waals surface area contributed by atoms with Gasteiger partial charge in [0.25, 0.3) is 0 Å². The van der Waals surface area contributed by atoms with Crippen LogP contribution in [-0.2, 0) is 4.74 Å². The van der Waals surface area contributed by atoms with Crippen molar-refractivity contribution in [2.24, 2.45) is 0 Å². The number of aromatic nitrogens is 4. The molecule has 2 aromatic heterocycles. The third-order valence-electron chi connectivity index (χ3n) is 4.64. The first-order valence-corrected chi connectivity index (χ1v) is 8.69. The number of ether oxygens (including phenoxy) is 1. The summed E-state index contributed by atoms with van der Waals surface area (Å²) in [5.41, 5.74) is 4.31. The fourth-order valence-electron chi connectivity index (χ4n) is 3.65. The average Bonchev–Trinajstić information content (AvgIpc) is 2.98. The molecule has 4 rings (SSSR count). The Morgan fingerprint density at radius 3 is 2.56 bits per heavy atom. The van der Waals surface area contributed by atoms with E-state index < -0.39 is 0 Å². The summed E-state index contributed by atoms with van der Waals surface area (Å²) in [4.78, 5) is 11.3. The number of nitrogens with zero attached hydrogens (tertiary/aromatic N) is 5. The van der Waals surface area contributed by atoms with Gasteiger partial charge in [-0.2, -0.15) is 5.10 Å². The molecule has 6 heteroatoms. The lowest BCUT2D eigenvalue weighted by Gasteiger charge is -2.36. The molecule has 1 aliphatic rings. The number of hydrogen-bond acceptors (Lipinski definition) is 5. The van der Waals surface area contributed by atoms with Crippen molar-refractivity contribution in [3.05, 3.63) is 41.9 Å². The van der Waals surface area contributed by atoms with E-state index in [9.17, 15) is 0 Å². The van der Waals surface area contributed by atoms with Crippen LogP contribution in [0.25, 0.3) is 16.7 Å². The smallest absolute Gasteiger partial charge is 0.168 e. The van der Waals surface area contributed by atoms with Gasteiger partial charge in [-0.3, -0.25) is 0 Å². The molecule has 0 spiro atoms. The lowest BCUT2D eigenvalue weighted by Crippen LogP contribution is -2.45. The maximum Gasteiger partial charge on any atom is 0.168 e. The quantitative estimate of drug-likeness (QED) is 0.719. The maximum atomic E-state index is 5.85. The number of rotatable bonds is 2. The van der Waals surface area contributed by atoms with Crippen LogP contribution >= 0.6 is 0 Å². The van der Waals surface area contributed by atoms with Crippen molar-refractivity contribution >= 4 is 16.9 Å². The second-order valence-corrected chi connectivity index (χ2v) is 6.94. The Bertz CT molecular complexity index is 909. The summed E-state index contributed by atoms with van der Waals surface area (Å²) in [6, 6.07) is 6.36. The van der Waals surface area contributed by atoms with E-state index in [2.05, 4.69) is 65.9 Å². The Labute approximate surface area is 147 Å². The Morgan fingerprint density at radius 1 is 1.08 bits per heavy atom. The van der Waals surface area contributed by atoms with E-state index in [4.69, 9.17) is 4.74 Å². The highest BCUT2D eigenvalue weighted by atomic mass is 16.5. The molecule has 0 saturated carbocycles. The van der Waals surface area contributed by atoms with Crippen molar-refractivity contribution in [3.63, 3.8) is 0 Å². The molecule has 0 aliphatic carbocycles. The van der Waals surface area contributed by atoms with E-state index in [1.54, 1.807) is 6.33 Å². The Balaban J connectivity index is 1.81. The molecule has 6 nitrogen and oxygen atoms in total. The molecule has 0 N–H and O–H groups in total. The molecule has 1 aromatic carbocycles. The molecule has 25 heavy (non-hydrogen) atoms. The third kappa shape index (κ3) is 2.87. The molecule has 130 valence electrons. The second kappa shape index (κ2) is 6.11.